The maximum Gasteiger partial charge on any atom is 0.264 e. The summed E-state index contributed by atoms with van der Waals surface area (Å²) in [6, 6.07) is 11.4. The number of ether oxygens (including phenoxy) is 1. The summed E-state index contributed by atoms with van der Waals surface area (Å²) in [7, 11) is -3.59. The number of halogens is 1. The normalized spacial score (nSPS) is 26.5. The van der Waals surface area contributed by atoms with Gasteiger partial charge in [0.15, 0.2) is 5.60 Å². The van der Waals surface area contributed by atoms with E-state index in [2.05, 4.69) is 10.6 Å². The number of anilines is 3. The second-order valence-corrected chi connectivity index (χ2v) is 17.5. The topological polar surface area (TPSA) is 169 Å². The lowest BCUT2D eigenvalue weighted by Crippen LogP contribution is -2.45. The summed E-state index contributed by atoms with van der Waals surface area (Å²) in [5.74, 6) is -2.65. The van der Waals surface area contributed by atoms with Crippen molar-refractivity contribution >= 4 is 49.1 Å². The zero-order valence-electron chi connectivity index (χ0n) is 27.9. The first-order valence-electron chi connectivity index (χ1n) is 16.4. The number of carbonyl (C=O) groups excluding carboxylic acids is 4. The van der Waals surface area contributed by atoms with Crippen molar-refractivity contribution in [1.29, 1.82) is 0 Å². The molecule has 3 heterocycles. The van der Waals surface area contributed by atoms with Gasteiger partial charge < -0.3 is 44.6 Å². The summed E-state index contributed by atoms with van der Waals surface area (Å²) in [4.78, 5) is 56.1. The predicted molar refractivity (Wildman–Crippen MR) is 179 cm³/mol. The zero-order chi connectivity index (χ0) is 35.1. The Kier molecular flexibility index (Phi) is 10.1. The lowest BCUT2D eigenvalue weighted by atomic mass is 9.82. The minimum Gasteiger partial charge on any atom is -0.394 e. The molecule has 260 valence electrons. The summed E-state index contributed by atoms with van der Waals surface area (Å²) in [6.07, 6.45) is -2.17. The van der Waals surface area contributed by atoms with Gasteiger partial charge in [-0.25, -0.2) is 0 Å². The molecule has 5 N–H and O–H groups in total. The largest absolute Gasteiger partial charge is 0.394 e. The number of hydrogen-bond donors (Lipinski definition) is 5. The van der Waals surface area contributed by atoms with Crippen LogP contribution in [0.3, 0.4) is 0 Å². The maximum atomic E-state index is 16.3. The summed E-state index contributed by atoms with van der Waals surface area (Å²) >= 11 is 0. The highest BCUT2D eigenvalue weighted by Crippen LogP contribution is 2.60. The quantitative estimate of drug-likeness (QED) is 0.188. The van der Waals surface area contributed by atoms with Gasteiger partial charge >= 0.3 is 0 Å². The number of fused-ring (bicyclic) bond motifs is 2. The molecule has 3 aliphatic heterocycles. The van der Waals surface area contributed by atoms with Crippen molar-refractivity contribution in [2.45, 2.75) is 95.2 Å². The first kappa shape index (κ1) is 35.6. The number of aliphatic hydroxyl groups excluding tert-OH is 3. The summed E-state index contributed by atoms with van der Waals surface area (Å²) < 4.78 is 23.0. The van der Waals surface area contributed by atoms with Crippen molar-refractivity contribution in [1.82, 2.24) is 4.90 Å². The molecule has 0 radical (unpaired) electrons. The molecule has 0 unspecified atom stereocenters. The van der Waals surface area contributed by atoms with Crippen LogP contribution >= 0.6 is 0 Å². The summed E-state index contributed by atoms with van der Waals surface area (Å²) in [5.41, 5.74) is -0.162. The van der Waals surface area contributed by atoms with Crippen molar-refractivity contribution < 1.29 is 43.3 Å². The van der Waals surface area contributed by atoms with Crippen LogP contribution in [0, 0.1) is 5.92 Å². The second-order valence-electron chi connectivity index (χ2n) is 13.7. The molecule has 5 rings (SSSR count). The van der Waals surface area contributed by atoms with E-state index < -0.39 is 61.5 Å². The van der Waals surface area contributed by atoms with Crippen LogP contribution < -0.4 is 15.5 Å². The molecule has 2 aromatic carbocycles. The van der Waals surface area contributed by atoms with Gasteiger partial charge in [0.25, 0.3) is 17.7 Å². The Bertz CT molecular complexity index is 1580. The van der Waals surface area contributed by atoms with Gasteiger partial charge in [-0.2, -0.15) is 0 Å². The predicted octanol–water partition coefficient (Wildman–Crippen LogP) is 3.02. The highest BCUT2D eigenvalue weighted by molar-refractivity contribution is 6.72. The molecule has 2 saturated heterocycles. The molecule has 4 amide bonds. The number of benzene rings is 2. The van der Waals surface area contributed by atoms with Gasteiger partial charge in [-0.05, 0) is 75.7 Å². The fourth-order valence-electron chi connectivity index (χ4n) is 7.55. The second kappa shape index (κ2) is 13.7. The van der Waals surface area contributed by atoms with Gasteiger partial charge in [-0.3, -0.25) is 19.2 Å². The molecule has 14 heteroatoms. The minimum absolute atomic E-state index is 0.0537. The fourth-order valence-corrected chi connectivity index (χ4v) is 10.0. The molecule has 12 nitrogen and oxygen atoms in total. The molecule has 2 aromatic rings. The molecular weight excluding hydrogens is 639 g/mol. The van der Waals surface area contributed by atoms with E-state index in [-0.39, 0.29) is 31.5 Å². The summed E-state index contributed by atoms with van der Waals surface area (Å²) in [5, 5.41) is 34.6. The third kappa shape index (κ3) is 6.63. The molecule has 0 saturated carbocycles. The van der Waals surface area contributed by atoms with Crippen LogP contribution in [-0.2, 0) is 36.1 Å². The molecular formula is C34H45FN4O8Si. The molecule has 7 atom stereocenters. The molecule has 3 aliphatic rings. The maximum absolute atomic E-state index is 16.3. The monoisotopic (exact) mass is 684 g/mol. The third-order valence-corrected chi connectivity index (χ3v) is 12.3. The number of likely N-dealkylation sites (tertiary alicyclic amines) is 1. The van der Waals surface area contributed by atoms with E-state index in [9.17, 15) is 34.5 Å². The van der Waals surface area contributed by atoms with E-state index >= 15 is 4.11 Å². The molecule has 48 heavy (non-hydrogen) atoms. The molecule has 1 spiro atoms. The van der Waals surface area contributed by atoms with Crippen LogP contribution in [-0.4, -0.2) is 89.8 Å². The number of carbonyl (C=O) groups is 4. The number of hydrogen-bond acceptors (Lipinski definition) is 8. The Hall–Kier alpha value is -3.69. The van der Waals surface area contributed by atoms with Crippen molar-refractivity contribution in [3.8, 4) is 0 Å². The standard InChI is InChI=1S/C34H45FN4O8Si/c1-19-30(48(4,5)35)28(16-29(43)38-13-7-10-25(38)18-40)47-34(19)26-15-24(37-32(45)21(3)42)11-12-27(26)39(33(34)46)17-22-8-6-9-23(14-22)36-31(44)20(2)41/h6,8-9,11-12,14-15,19-21,25,28,30,40-42H,7,10,13,16-18H2,1-5H3,(H,36,44)(H,37,45)/t19-,20+,21+,25+,28+,30-,34+/m1/s1. The molecule has 0 bridgehead atoms. The minimum atomic E-state index is -3.59. The number of amides is 4. The first-order valence-corrected chi connectivity index (χ1v) is 19.3. The Morgan fingerprint density at radius 2 is 1.71 bits per heavy atom. The average molecular weight is 685 g/mol. The van der Waals surface area contributed by atoms with E-state index in [1.807, 2.05) is 0 Å². The van der Waals surface area contributed by atoms with Gasteiger partial charge in [0, 0.05) is 34.9 Å². The van der Waals surface area contributed by atoms with E-state index in [4.69, 9.17) is 4.74 Å². The van der Waals surface area contributed by atoms with Crippen LogP contribution in [0.5, 0.6) is 0 Å². The van der Waals surface area contributed by atoms with Crippen LogP contribution in [0.2, 0.25) is 18.6 Å². The fraction of sp³-hybridized carbons (Fsp3) is 0.529. The highest BCUT2D eigenvalue weighted by atomic mass is 28.4. The average Bonchev–Trinajstić information content (AvgIpc) is 3.67. The van der Waals surface area contributed by atoms with E-state index in [1.54, 1.807) is 67.4 Å². The van der Waals surface area contributed by atoms with Gasteiger partial charge in [-0.15, -0.1) is 0 Å². The lowest BCUT2D eigenvalue weighted by Gasteiger charge is -2.31. The van der Waals surface area contributed by atoms with Crippen molar-refractivity contribution in [3.05, 3.63) is 53.6 Å². The Morgan fingerprint density at radius 1 is 1.06 bits per heavy atom. The van der Waals surface area contributed by atoms with Gasteiger partial charge in [0.05, 0.1) is 37.4 Å². The lowest BCUT2D eigenvalue weighted by molar-refractivity contribution is -0.150. The highest BCUT2D eigenvalue weighted by Gasteiger charge is 2.67. The van der Waals surface area contributed by atoms with Gasteiger partial charge in [0.2, 0.25) is 14.3 Å². The number of nitrogens with zero attached hydrogens (tertiary/aromatic N) is 2. The Balaban J connectivity index is 1.56. The summed E-state index contributed by atoms with van der Waals surface area (Å²) in [6.45, 7) is 7.91. The van der Waals surface area contributed by atoms with E-state index in [1.165, 1.54) is 18.7 Å². The molecule has 0 aliphatic carbocycles. The number of rotatable bonds is 10. The van der Waals surface area contributed by atoms with Crippen molar-refractivity contribution in [2.75, 3.05) is 28.7 Å². The molecule has 0 aromatic heterocycles. The van der Waals surface area contributed by atoms with E-state index in [0.717, 1.165) is 6.42 Å². The van der Waals surface area contributed by atoms with Crippen LogP contribution in [0.1, 0.15) is 51.2 Å². The smallest absolute Gasteiger partial charge is 0.264 e. The zero-order valence-corrected chi connectivity index (χ0v) is 28.9. The number of aliphatic hydroxyl groups is 3. The Morgan fingerprint density at radius 3 is 2.31 bits per heavy atom. The number of nitrogens with one attached hydrogen (secondary N) is 2. The van der Waals surface area contributed by atoms with Crippen LogP contribution in [0.4, 0.5) is 21.2 Å². The van der Waals surface area contributed by atoms with Crippen molar-refractivity contribution in [3.63, 3.8) is 0 Å². The van der Waals surface area contributed by atoms with E-state index in [0.29, 0.717) is 41.2 Å². The van der Waals surface area contributed by atoms with Crippen molar-refractivity contribution in [2.24, 2.45) is 5.92 Å². The SMILES string of the molecule is C[C@H](O)C(=O)Nc1cccc(CN2C(=O)[C@@]3(O[C@@H](CC(=O)N4CCC[C@H]4CO)[C@H]([Si](C)(C)F)[C@H]3C)c3cc(NC(=O)[C@H](C)O)ccc32)c1. The third-order valence-electron chi connectivity index (χ3n) is 9.81. The van der Waals surface area contributed by atoms with Gasteiger partial charge in [-0.1, -0.05) is 19.1 Å². The first-order chi connectivity index (χ1) is 22.6. The van der Waals surface area contributed by atoms with Crippen LogP contribution in [0.25, 0.3) is 0 Å². The van der Waals surface area contributed by atoms with Crippen LogP contribution in [0.15, 0.2) is 42.5 Å². The van der Waals surface area contributed by atoms with Gasteiger partial charge in [0.1, 0.15) is 12.2 Å². The Labute approximate surface area is 280 Å². The molecule has 2 fully saturated rings.